The number of fused-ring (bicyclic) bond motifs is 1. The molecule has 3 N–H and O–H groups in total. The van der Waals surface area contributed by atoms with Crippen molar-refractivity contribution in [3.63, 3.8) is 0 Å². The van der Waals surface area contributed by atoms with Crippen LogP contribution in [0.3, 0.4) is 0 Å². The van der Waals surface area contributed by atoms with E-state index in [0.29, 0.717) is 12.5 Å². The molecule has 3 aliphatic rings. The molecule has 3 rings (SSSR count). The molecule has 0 aromatic carbocycles. The van der Waals surface area contributed by atoms with Crippen molar-refractivity contribution in [3.8, 4) is 0 Å². The first-order valence-electron chi connectivity index (χ1n) is 8.67. The first-order chi connectivity index (χ1) is 9.84. The minimum absolute atomic E-state index is 0.0730. The molecule has 20 heavy (non-hydrogen) atoms. The maximum absolute atomic E-state index is 12.2. The average Bonchev–Trinajstić information content (AvgIpc) is 2.53. The van der Waals surface area contributed by atoms with Gasteiger partial charge in [0, 0.05) is 5.92 Å². The molecule has 0 spiro atoms. The Morgan fingerprint density at radius 1 is 1.10 bits per heavy atom. The van der Waals surface area contributed by atoms with Crippen molar-refractivity contribution < 1.29 is 19.7 Å². The number of hydrogen-bond acceptors (Lipinski definition) is 2. The van der Waals surface area contributed by atoms with Gasteiger partial charge in [-0.15, -0.1) is 0 Å². The third kappa shape index (κ3) is 3.34. The number of nitrogens with two attached hydrogens (primary N) is 1. The molecule has 0 aliphatic carbocycles. The van der Waals surface area contributed by atoms with Gasteiger partial charge in [-0.3, -0.25) is 4.79 Å². The van der Waals surface area contributed by atoms with E-state index < -0.39 is 0 Å². The molecule has 4 nitrogen and oxygen atoms in total. The quantitative estimate of drug-likeness (QED) is 0.676. The second-order valence-electron chi connectivity index (χ2n) is 6.95. The molecule has 3 saturated heterocycles. The Labute approximate surface area is 122 Å². The predicted octanol–water partition coefficient (Wildman–Crippen LogP) is -0.650. The van der Waals surface area contributed by atoms with E-state index in [2.05, 4.69) is 5.32 Å². The van der Waals surface area contributed by atoms with E-state index >= 15 is 0 Å². The molecular formula is C16H30N2O2+2. The highest BCUT2D eigenvalue weighted by molar-refractivity contribution is 5.72. The van der Waals surface area contributed by atoms with Gasteiger partial charge in [0.1, 0.15) is 5.92 Å². The summed E-state index contributed by atoms with van der Waals surface area (Å²) in [4.78, 5) is 13.9. The standard InChI is InChI=1S/C16H28N2O2/c19-16(13-5-3-8-17-11-13)20-12-14-6-4-10-18-9-2-1-7-15(14)18/h13-15,17H,1-12H2/p+2/t13-,14-,15+/m1/s1. The summed E-state index contributed by atoms with van der Waals surface area (Å²) in [5.74, 6) is 0.849. The number of carbonyl (C=O) groups is 1. The van der Waals surface area contributed by atoms with Crippen molar-refractivity contribution in [1.29, 1.82) is 0 Å². The minimum atomic E-state index is 0.0730. The molecule has 1 unspecified atom stereocenters. The van der Waals surface area contributed by atoms with E-state index in [4.69, 9.17) is 4.74 Å². The van der Waals surface area contributed by atoms with Crippen LogP contribution < -0.4 is 10.2 Å². The SMILES string of the molecule is O=C(OC[C@H]1CCC[NH+]2CCCC[C@@H]12)[C@@H]1CCC[NH2+]C1. The molecule has 3 fully saturated rings. The average molecular weight is 282 g/mol. The van der Waals surface area contributed by atoms with Crippen molar-refractivity contribution in [2.45, 2.75) is 51.0 Å². The fraction of sp³-hybridized carbons (Fsp3) is 0.938. The van der Waals surface area contributed by atoms with Gasteiger partial charge < -0.3 is 15.0 Å². The second kappa shape index (κ2) is 6.90. The van der Waals surface area contributed by atoms with Gasteiger partial charge in [-0.1, -0.05) is 0 Å². The fourth-order valence-corrected chi connectivity index (χ4v) is 4.44. The summed E-state index contributed by atoms with van der Waals surface area (Å²) in [6, 6.07) is 0.767. The zero-order chi connectivity index (χ0) is 13.8. The van der Waals surface area contributed by atoms with Crippen molar-refractivity contribution in [2.24, 2.45) is 11.8 Å². The summed E-state index contributed by atoms with van der Waals surface area (Å²) in [6.45, 7) is 5.47. The van der Waals surface area contributed by atoms with Gasteiger partial charge in [0.15, 0.2) is 0 Å². The van der Waals surface area contributed by atoms with Gasteiger partial charge in [0.05, 0.1) is 38.8 Å². The topological polar surface area (TPSA) is 47.4 Å². The fourth-order valence-electron chi connectivity index (χ4n) is 4.44. The number of hydrogen-bond donors (Lipinski definition) is 2. The molecule has 0 aromatic rings. The maximum atomic E-state index is 12.2. The Bertz CT molecular complexity index is 326. The normalized spacial score (nSPS) is 38.0. The Morgan fingerprint density at radius 2 is 2.00 bits per heavy atom. The molecule has 0 amide bonds. The maximum Gasteiger partial charge on any atom is 0.314 e. The van der Waals surface area contributed by atoms with E-state index in [-0.39, 0.29) is 11.9 Å². The van der Waals surface area contributed by atoms with Crippen molar-refractivity contribution in [3.05, 3.63) is 0 Å². The molecule has 0 aromatic heterocycles. The lowest BCUT2D eigenvalue weighted by atomic mass is 9.84. The zero-order valence-electron chi connectivity index (χ0n) is 12.6. The van der Waals surface area contributed by atoms with E-state index in [9.17, 15) is 4.79 Å². The molecule has 4 heteroatoms. The molecule has 3 heterocycles. The van der Waals surface area contributed by atoms with Crippen molar-refractivity contribution in [1.82, 2.24) is 0 Å². The lowest BCUT2D eigenvalue weighted by molar-refractivity contribution is -0.940. The van der Waals surface area contributed by atoms with Crippen LogP contribution in [0.1, 0.15) is 44.9 Å². The van der Waals surface area contributed by atoms with Crippen LogP contribution in [0.25, 0.3) is 0 Å². The van der Waals surface area contributed by atoms with E-state index in [0.717, 1.165) is 25.4 Å². The van der Waals surface area contributed by atoms with E-state index in [1.54, 1.807) is 4.90 Å². The first kappa shape index (κ1) is 14.3. The van der Waals surface area contributed by atoms with Crippen LogP contribution in [0.2, 0.25) is 0 Å². The predicted molar refractivity (Wildman–Crippen MR) is 76.4 cm³/mol. The van der Waals surface area contributed by atoms with Gasteiger partial charge >= 0.3 is 5.97 Å². The highest BCUT2D eigenvalue weighted by Crippen LogP contribution is 2.21. The highest BCUT2D eigenvalue weighted by Gasteiger charge is 2.37. The zero-order valence-corrected chi connectivity index (χ0v) is 12.6. The molecule has 0 bridgehead atoms. The molecule has 3 aliphatic heterocycles. The van der Waals surface area contributed by atoms with Crippen LogP contribution in [0.5, 0.6) is 0 Å². The van der Waals surface area contributed by atoms with Crippen LogP contribution in [-0.4, -0.2) is 44.8 Å². The van der Waals surface area contributed by atoms with Crippen LogP contribution in [0.15, 0.2) is 0 Å². The molecule has 4 atom stereocenters. The third-order valence-electron chi connectivity index (χ3n) is 5.61. The summed E-state index contributed by atoms with van der Waals surface area (Å²) in [5.41, 5.74) is 0. The summed E-state index contributed by atoms with van der Waals surface area (Å²) in [5, 5.41) is 2.25. The van der Waals surface area contributed by atoms with Crippen LogP contribution in [-0.2, 0) is 9.53 Å². The number of quaternary nitrogens is 2. The smallest absolute Gasteiger partial charge is 0.314 e. The van der Waals surface area contributed by atoms with E-state index in [1.165, 1.54) is 51.7 Å². The molecule has 0 radical (unpaired) electrons. The number of ether oxygens (including phenoxy) is 1. The number of piperidine rings is 3. The summed E-state index contributed by atoms with van der Waals surface area (Å²) in [7, 11) is 0. The molecule has 114 valence electrons. The van der Waals surface area contributed by atoms with Gasteiger partial charge in [-0.2, -0.15) is 0 Å². The number of rotatable bonds is 3. The Kier molecular flexibility index (Phi) is 4.94. The van der Waals surface area contributed by atoms with Crippen LogP contribution in [0, 0.1) is 11.8 Å². The summed E-state index contributed by atoms with van der Waals surface area (Å²) >= 11 is 0. The number of carbonyl (C=O) groups excluding carboxylic acids is 1. The van der Waals surface area contributed by atoms with Crippen molar-refractivity contribution >= 4 is 5.97 Å². The summed E-state index contributed by atoms with van der Waals surface area (Å²) < 4.78 is 5.70. The lowest BCUT2D eigenvalue weighted by Crippen LogP contribution is -3.18. The lowest BCUT2D eigenvalue weighted by Gasteiger charge is -2.41. The monoisotopic (exact) mass is 282 g/mol. The number of esters is 1. The Morgan fingerprint density at radius 3 is 2.85 bits per heavy atom. The van der Waals surface area contributed by atoms with Gasteiger partial charge in [-0.25, -0.2) is 0 Å². The van der Waals surface area contributed by atoms with Crippen molar-refractivity contribution in [2.75, 3.05) is 32.8 Å². The van der Waals surface area contributed by atoms with E-state index in [1.807, 2.05) is 0 Å². The third-order valence-corrected chi connectivity index (χ3v) is 5.61. The largest absolute Gasteiger partial charge is 0.465 e. The van der Waals surface area contributed by atoms with Crippen LogP contribution >= 0.6 is 0 Å². The second-order valence-corrected chi connectivity index (χ2v) is 6.95. The molecular weight excluding hydrogens is 252 g/mol. The van der Waals surface area contributed by atoms with Gasteiger partial charge in [-0.05, 0) is 44.9 Å². The molecule has 0 saturated carbocycles. The Hall–Kier alpha value is -0.610. The Balaban J connectivity index is 1.48. The number of nitrogens with one attached hydrogen (secondary N) is 1. The highest BCUT2D eigenvalue weighted by atomic mass is 16.5. The van der Waals surface area contributed by atoms with Crippen LogP contribution in [0.4, 0.5) is 0 Å². The van der Waals surface area contributed by atoms with Gasteiger partial charge in [0.2, 0.25) is 0 Å². The van der Waals surface area contributed by atoms with Gasteiger partial charge in [0.25, 0.3) is 0 Å². The summed E-state index contributed by atoms with van der Waals surface area (Å²) in [6.07, 6.45) is 8.86. The minimum Gasteiger partial charge on any atom is -0.465 e. The first-order valence-corrected chi connectivity index (χ1v) is 8.67.